The Hall–Kier alpha value is -1.62. The lowest BCUT2D eigenvalue weighted by Gasteiger charge is -2.08. The van der Waals surface area contributed by atoms with Gasteiger partial charge in [-0.25, -0.2) is 0 Å². The highest BCUT2D eigenvalue weighted by atomic mass is 79.9. The van der Waals surface area contributed by atoms with Gasteiger partial charge in [-0.05, 0) is 53.0 Å². The molecule has 0 atom stereocenters. The zero-order valence-corrected chi connectivity index (χ0v) is 12.6. The molecule has 100 valence electrons. The van der Waals surface area contributed by atoms with E-state index in [2.05, 4.69) is 26.3 Å². The van der Waals surface area contributed by atoms with Crippen LogP contribution in [0.3, 0.4) is 0 Å². The molecule has 1 N–H and O–H groups in total. The van der Waals surface area contributed by atoms with Crippen LogP contribution in [0.15, 0.2) is 35.1 Å². The molecule has 0 bridgehead atoms. The first-order valence-corrected chi connectivity index (χ1v) is 6.89. The van der Waals surface area contributed by atoms with Gasteiger partial charge in [-0.15, -0.1) is 0 Å². The summed E-state index contributed by atoms with van der Waals surface area (Å²) in [7, 11) is 0. The molecule has 1 aromatic heterocycles. The van der Waals surface area contributed by atoms with Gasteiger partial charge >= 0.3 is 0 Å². The Labute approximate surface area is 120 Å². The van der Waals surface area contributed by atoms with Crippen molar-refractivity contribution in [3.8, 4) is 0 Å². The van der Waals surface area contributed by atoms with Crippen LogP contribution in [0.5, 0.6) is 0 Å². The number of carbonyl (C=O) groups excluding carboxylic acids is 1. The van der Waals surface area contributed by atoms with Crippen molar-refractivity contribution in [2.24, 2.45) is 0 Å². The largest absolute Gasteiger partial charge is 0.325 e. The summed E-state index contributed by atoms with van der Waals surface area (Å²) in [6.07, 6.45) is 4.12. The first kappa shape index (κ1) is 13.8. The SMILES string of the molecule is Cc1ccc(NC(=O)CCn2cc(C)cn2)c(Br)c1. The molecule has 0 fully saturated rings. The maximum Gasteiger partial charge on any atom is 0.226 e. The van der Waals surface area contributed by atoms with Crippen molar-refractivity contribution in [2.45, 2.75) is 26.8 Å². The summed E-state index contributed by atoms with van der Waals surface area (Å²) in [4.78, 5) is 11.9. The number of carbonyl (C=O) groups is 1. The minimum absolute atomic E-state index is 0.0160. The van der Waals surface area contributed by atoms with Crippen LogP contribution in [0.4, 0.5) is 5.69 Å². The van der Waals surface area contributed by atoms with Crippen molar-refractivity contribution in [1.29, 1.82) is 0 Å². The summed E-state index contributed by atoms with van der Waals surface area (Å²) in [6.45, 7) is 4.58. The average Bonchev–Trinajstić information content (AvgIpc) is 2.76. The topological polar surface area (TPSA) is 46.9 Å². The van der Waals surface area contributed by atoms with Crippen LogP contribution in [0.25, 0.3) is 0 Å². The van der Waals surface area contributed by atoms with E-state index < -0.39 is 0 Å². The van der Waals surface area contributed by atoms with Gasteiger partial charge in [-0.3, -0.25) is 9.48 Å². The van der Waals surface area contributed by atoms with Gasteiger partial charge in [0.1, 0.15) is 0 Å². The van der Waals surface area contributed by atoms with Gasteiger partial charge in [0.05, 0.1) is 11.9 Å². The van der Waals surface area contributed by atoms with Gasteiger partial charge in [0, 0.05) is 23.6 Å². The Morgan fingerprint density at radius 2 is 2.16 bits per heavy atom. The molecule has 1 amide bonds. The van der Waals surface area contributed by atoms with E-state index in [0.29, 0.717) is 13.0 Å². The van der Waals surface area contributed by atoms with Crippen molar-refractivity contribution in [2.75, 3.05) is 5.32 Å². The number of rotatable bonds is 4. The summed E-state index contributed by atoms with van der Waals surface area (Å²) >= 11 is 3.44. The highest BCUT2D eigenvalue weighted by Gasteiger charge is 2.06. The van der Waals surface area contributed by atoms with Crippen LogP contribution in [0.2, 0.25) is 0 Å². The van der Waals surface area contributed by atoms with E-state index in [1.807, 2.05) is 38.2 Å². The van der Waals surface area contributed by atoms with Gasteiger partial charge < -0.3 is 5.32 Å². The zero-order chi connectivity index (χ0) is 13.8. The van der Waals surface area contributed by atoms with Crippen molar-refractivity contribution in [1.82, 2.24) is 9.78 Å². The predicted octanol–water partition coefficient (Wildman–Crippen LogP) is 3.29. The Balaban J connectivity index is 1.90. The van der Waals surface area contributed by atoms with E-state index >= 15 is 0 Å². The molecule has 2 aromatic rings. The van der Waals surface area contributed by atoms with Gasteiger partial charge in [0.15, 0.2) is 0 Å². The summed E-state index contributed by atoms with van der Waals surface area (Å²) in [6, 6.07) is 5.85. The summed E-state index contributed by atoms with van der Waals surface area (Å²) < 4.78 is 2.68. The molecule has 4 nitrogen and oxygen atoms in total. The zero-order valence-electron chi connectivity index (χ0n) is 11.0. The van der Waals surface area contributed by atoms with Crippen molar-refractivity contribution >= 4 is 27.5 Å². The van der Waals surface area contributed by atoms with E-state index in [4.69, 9.17) is 0 Å². The number of hydrogen-bond acceptors (Lipinski definition) is 2. The van der Waals surface area contributed by atoms with Crippen LogP contribution in [-0.2, 0) is 11.3 Å². The molecule has 0 aliphatic carbocycles. The Bertz CT molecular complexity index is 592. The smallest absolute Gasteiger partial charge is 0.226 e. The highest BCUT2D eigenvalue weighted by molar-refractivity contribution is 9.10. The van der Waals surface area contributed by atoms with Crippen molar-refractivity contribution < 1.29 is 4.79 Å². The number of aromatic nitrogens is 2. The Morgan fingerprint density at radius 1 is 1.37 bits per heavy atom. The quantitative estimate of drug-likeness (QED) is 0.939. The summed E-state index contributed by atoms with van der Waals surface area (Å²) in [5.74, 6) is -0.0160. The van der Waals surface area contributed by atoms with Gasteiger partial charge in [0.25, 0.3) is 0 Å². The molecule has 1 heterocycles. The first-order valence-electron chi connectivity index (χ1n) is 6.09. The maximum atomic E-state index is 11.9. The molecular weight excluding hydrogens is 306 g/mol. The molecule has 0 spiro atoms. The van der Waals surface area contributed by atoms with Crippen molar-refractivity contribution in [3.63, 3.8) is 0 Å². The van der Waals surface area contributed by atoms with Gasteiger partial charge in [-0.1, -0.05) is 6.07 Å². The van der Waals surface area contributed by atoms with Crippen molar-refractivity contribution in [3.05, 3.63) is 46.2 Å². The van der Waals surface area contributed by atoms with Crippen LogP contribution >= 0.6 is 15.9 Å². The van der Waals surface area contributed by atoms with E-state index in [1.165, 1.54) is 0 Å². The fraction of sp³-hybridized carbons (Fsp3) is 0.286. The van der Waals surface area contributed by atoms with E-state index in [-0.39, 0.29) is 5.91 Å². The second-order valence-electron chi connectivity index (χ2n) is 4.56. The first-order chi connectivity index (χ1) is 9.04. The lowest BCUT2D eigenvalue weighted by atomic mass is 10.2. The molecule has 0 saturated heterocycles. The Kier molecular flexibility index (Phi) is 4.37. The second-order valence-corrected chi connectivity index (χ2v) is 5.42. The molecule has 2 rings (SSSR count). The number of amides is 1. The van der Waals surface area contributed by atoms with Crippen LogP contribution in [0, 0.1) is 13.8 Å². The fourth-order valence-corrected chi connectivity index (χ4v) is 2.33. The summed E-state index contributed by atoms with van der Waals surface area (Å²) in [5, 5.41) is 7.04. The monoisotopic (exact) mass is 321 g/mol. The van der Waals surface area contributed by atoms with E-state index in [1.54, 1.807) is 10.9 Å². The lowest BCUT2D eigenvalue weighted by molar-refractivity contribution is -0.116. The third-order valence-electron chi connectivity index (χ3n) is 2.73. The minimum atomic E-state index is -0.0160. The number of benzene rings is 1. The third-order valence-corrected chi connectivity index (χ3v) is 3.39. The number of nitrogens with one attached hydrogen (secondary N) is 1. The normalized spacial score (nSPS) is 10.5. The third kappa shape index (κ3) is 3.92. The van der Waals surface area contributed by atoms with E-state index in [9.17, 15) is 4.79 Å². The number of halogens is 1. The molecule has 0 unspecified atom stereocenters. The molecule has 0 radical (unpaired) electrons. The average molecular weight is 322 g/mol. The number of hydrogen-bond donors (Lipinski definition) is 1. The minimum Gasteiger partial charge on any atom is -0.325 e. The molecule has 0 saturated carbocycles. The lowest BCUT2D eigenvalue weighted by Crippen LogP contribution is -2.15. The molecule has 0 aliphatic heterocycles. The molecular formula is C14H16BrN3O. The Morgan fingerprint density at radius 3 is 2.79 bits per heavy atom. The second kappa shape index (κ2) is 6.02. The number of anilines is 1. The van der Waals surface area contributed by atoms with Crippen LogP contribution < -0.4 is 5.32 Å². The standard InChI is InChI=1S/C14H16BrN3O/c1-10-3-4-13(12(15)7-10)17-14(19)5-6-18-9-11(2)8-16-18/h3-4,7-9H,5-6H2,1-2H3,(H,17,19). The van der Waals surface area contributed by atoms with Gasteiger partial charge in [0.2, 0.25) is 5.91 Å². The van der Waals surface area contributed by atoms with Crippen LogP contribution in [0.1, 0.15) is 17.5 Å². The van der Waals surface area contributed by atoms with Gasteiger partial charge in [-0.2, -0.15) is 5.10 Å². The molecule has 19 heavy (non-hydrogen) atoms. The van der Waals surface area contributed by atoms with Crippen LogP contribution in [-0.4, -0.2) is 15.7 Å². The number of aryl methyl sites for hydroxylation is 3. The van der Waals surface area contributed by atoms with E-state index in [0.717, 1.165) is 21.3 Å². The molecule has 1 aromatic carbocycles. The maximum absolute atomic E-state index is 11.9. The molecule has 5 heteroatoms. The number of nitrogens with zero attached hydrogens (tertiary/aromatic N) is 2. The predicted molar refractivity (Wildman–Crippen MR) is 79.1 cm³/mol. The highest BCUT2D eigenvalue weighted by Crippen LogP contribution is 2.23. The fourth-order valence-electron chi connectivity index (χ4n) is 1.74. The molecule has 0 aliphatic rings. The summed E-state index contributed by atoms with van der Waals surface area (Å²) in [5.41, 5.74) is 3.05.